The highest BCUT2D eigenvalue weighted by Crippen LogP contribution is 2.32. The first-order valence-electron chi connectivity index (χ1n) is 6.37. The van der Waals surface area contributed by atoms with Gasteiger partial charge in [0.15, 0.2) is 5.65 Å². The van der Waals surface area contributed by atoms with Crippen LogP contribution in [-0.4, -0.2) is 28.7 Å². The predicted octanol–water partition coefficient (Wildman–Crippen LogP) is 2.65. The van der Waals surface area contributed by atoms with Crippen molar-refractivity contribution in [3.63, 3.8) is 0 Å². The highest BCUT2D eigenvalue weighted by molar-refractivity contribution is 5.77. The number of benzene rings is 1. The zero-order chi connectivity index (χ0) is 14.7. The third-order valence-electron chi connectivity index (χ3n) is 3.01. The molecule has 21 heavy (non-hydrogen) atoms. The van der Waals surface area contributed by atoms with E-state index < -0.39 is 0 Å². The smallest absolute Gasteiger partial charge is 0.178 e. The van der Waals surface area contributed by atoms with Gasteiger partial charge in [-0.05, 0) is 24.3 Å². The summed E-state index contributed by atoms with van der Waals surface area (Å²) in [5, 5.41) is 0. The number of terminal acetylenes is 1. The van der Waals surface area contributed by atoms with Crippen molar-refractivity contribution >= 4 is 11.2 Å². The number of hydrogen-bond donors (Lipinski definition) is 1. The number of methoxy groups -OCH3 is 1. The van der Waals surface area contributed by atoms with E-state index in [2.05, 4.69) is 20.9 Å². The van der Waals surface area contributed by atoms with Crippen molar-refractivity contribution in [3.8, 4) is 35.2 Å². The van der Waals surface area contributed by atoms with Gasteiger partial charge in [0.05, 0.1) is 18.2 Å². The van der Waals surface area contributed by atoms with Crippen LogP contribution in [0.5, 0.6) is 11.5 Å². The third kappa shape index (κ3) is 2.51. The summed E-state index contributed by atoms with van der Waals surface area (Å²) < 4.78 is 10.8. The quantitative estimate of drug-likeness (QED) is 0.746. The first kappa shape index (κ1) is 13.0. The Morgan fingerprint density at radius 1 is 1.33 bits per heavy atom. The summed E-state index contributed by atoms with van der Waals surface area (Å²) >= 11 is 0. The number of aromatic nitrogens is 3. The molecule has 0 bridgehead atoms. The van der Waals surface area contributed by atoms with Gasteiger partial charge in [-0.25, -0.2) is 9.97 Å². The van der Waals surface area contributed by atoms with E-state index in [4.69, 9.17) is 15.9 Å². The van der Waals surface area contributed by atoms with Crippen LogP contribution >= 0.6 is 0 Å². The van der Waals surface area contributed by atoms with Gasteiger partial charge in [-0.1, -0.05) is 5.92 Å². The zero-order valence-corrected chi connectivity index (χ0v) is 11.5. The molecule has 0 aliphatic carbocycles. The number of fused-ring (bicyclic) bond motifs is 1. The topological polar surface area (TPSA) is 60.0 Å². The molecule has 5 nitrogen and oxygen atoms in total. The Morgan fingerprint density at radius 3 is 3.00 bits per heavy atom. The summed E-state index contributed by atoms with van der Waals surface area (Å²) in [5.74, 6) is 4.44. The van der Waals surface area contributed by atoms with E-state index in [9.17, 15) is 0 Å². The molecule has 0 atom stereocenters. The minimum Gasteiger partial charge on any atom is -0.497 e. The molecular weight excluding hydrogens is 266 g/mol. The van der Waals surface area contributed by atoms with Crippen molar-refractivity contribution in [2.45, 2.75) is 0 Å². The molecule has 0 amide bonds. The summed E-state index contributed by atoms with van der Waals surface area (Å²) in [4.78, 5) is 11.9. The van der Waals surface area contributed by atoms with Gasteiger partial charge < -0.3 is 14.5 Å². The molecule has 2 aromatic heterocycles. The first-order valence-corrected chi connectivity index (χ1v) is 6.37. The molecule has 3 rings (SSSR count). The summed E-state index contributed by atoms with van der Waals surface area (Å²) in [6, 6.07) is 9.28. The summed E-state index contributed by atoms with van der Waals surface area (Å²) in [7, 11) is 1.60. The van der Waals surface area contributed by atoms with E-state index in [0.29, 0.717) is 23.0 Å². The minimum atomic E-state index is 0.179. The van der Waals surface area contributed by atoms with Crippen LogP contribution in [0.25, 0.3) is 22.6 Å². The van der Waals surface area contributed by atoms with E-state index in [1.54, 1.807) is 19.4 Å². The molecule has 0 aliphatic rings. The van der Waals surface area contributed by atoms with Gasteiger partial charge in [0.1, 0.15) is 23.9 Å². The number of rotatable bonds is 4. The van der Waals surface area contributed by atoms with Crippen LogP contribution in [0.2, 0.25) is 0 Å². The molecule has 0 radical (unpaired) electrons. The van der Waals surface area contributed by atoms with Crippen LogP contribution in [0, 0.1) is 12.3 Å². The Balaban J connectivity index is 2.09. The molecule has 104 valence electrons. The number of hydrogen-bond acceptors (Lipinski definition) is 4. The molecule has 0 saturated heterocycles. The third-order valence-corrected chi connectivity index (χ3v) is 3.01. The van der Waals surface area contributed by atoms with E-state index >= 15 is 0 Å². The van der Waals surface area contributed by atoms with Gasteiger partial charge in [-0.3, -0.25) is 0 Å². The second kappa shape index (κ2) is 5.55. The number of H-pyrrole nitrogens is 1. The maximum absolute atomic E-state index is 5.58. The van der Waals surface area contributed by atoms with Crippen LogP contribution in [-0.2, 0) is 0 Å². The molecule has 5 heteroatoms. The fourth-order valence-electron chi connectivity index (χ4n) is 2.04. The number of nitrogens with one attached hydrogen (secondary N) is 1. The summed E-state index contributed by atoms with van der Waals surface area (Å²) in [6.45, 7) is 0.179. The van der Waals surface area contributed by atoms with E-state index in [1.807, 2.05) is 24.3 Å². The van der Waals surface area contributed by atoms with Crippen molar-refractivity contribution in [1.82, 2.24) is 15.0 Å². The SMILES string of the molecule is C#CCOc1cc(OC)ccc1-c1nc2ncccc2[nH]1. The molecular formula is C16H13N3O2. The fraction of sp³-hybridized carbons (Fsp3) is 0.125. The molecule has 0 aliphatic heterocycles. The predicted molar refractivity (Wildman–Crippen MR) is 80.2 cm³/mol. The fourth-order valence-corrected chi connectivity index (χ4v) is 2.04. The second-order valence-electron chi connectivity index (χ2n) is 4.31. The average Bonchev–Trinajstić information content (AvgIpc) is 2.96. The lowest BCUT2D eigenvalue weighted by Gasteiger charge is -2.09. The lowest BCUT2D eigenvalue weighted by atomic mass is 10.2. The number of aromatic amines is 1. The summed E-state index contributed by atoms with van der Waals surface area (Å²) in [6.07, 6.45) is 6.96. The standard InChI is InChI=1S/C16H13N3O2/c1-3-9-21-14-10-11(20-2)6-7-12(14)15-18-13-5-4-8-17-16(13)19-15/h1,4-8,10H,9H2,2H3,(H,17,18,19). The largest absolute Gasteiger partial charge is 0.497 e. The van der Waals surface area contributed by atoms with E-state index in [1.165, 1.54) is 0 Å². The Hall–Kier alpha value is -3.00. The Kier molecular flexibility index (Phi) is 3.44. The Labute approximate surface area is 122 Å². The summed E-state index contributed by atoms with van der Waals surface area (Å²) in [5.41, 5.74) is 2.33. The molecule has 2 heterocycles. The van der Waals surface area contributed by atoms with Gasteiger partial charge in [0.25, 0.3) is 0 Å². The number of ether oxygens (including phenoxy) is 2. The lowest BCUT2D eigenvalue weighted by Crippen LogP contribution is -1.97. The van der Waals surface area contributed by atoms with Crippen molar-refractivity contribution in [2.75, 3.05) is 13.7 Å². The molecule has 1 N–H and O–H groups in total. The van der Waals surface area contributed by atoms with Crippen molar-refractivity contribution in [1.29, 1.82) is 0 Å². The number of nitrogens with zero attached hydrogens (tertiary/aromatic N) is 2. The molecule has 1 aromatic carbocycles. The monoisotopic (exact) mass is 279 g/mol. The van der Waals surface area contributed by atoms with Gasteiger partial charge in [-0.15, -0.1) is 6.42 Å². The van der Waals surface area contributed by atoms with Crippen molar-refractivity contribution in [2.24, 2.45) is 0 Å². The van der Waals surface area contributed by atoms with Crippen LogP contribution < -0.4 is 9.47 Å². The number of imidazole rings is 1. The van der Waals surface area contributed by atoms with Crippen molar-refractivity contribution < 1.29 is 9.47 Å². The second-order valence-corrected chi connectivity index (χ2v) is 4.31. The highest BCUT2D eigenvalue weighted by atomic mass is 16.5. The Morgan fingerprint density at radius 2 is 2.24 bits per heavy atom. The zero-order valence-electron chi connectivity index (χ0n) is 11.5. The molecule has 0 unspecified atom stereocenters. The van der Waals surface area contributed by atoms with Gasteiger partial charge >= 0.3 is 0 Å². The molecule has 0 spiro atoms. The minimum absolute atomic E-state index is 0.179. The van der Waals surface area contributed by atoms with Crippen LogP contribution in [0.1, 0.15) is 0 Å². The van der Waals surface area contributed by atoms with Gasteiger partial charge in [0.2, 0.25) is 0 Å². The van der Waals surface area contributed by atoms with Crippen LogP contribution in [0.3, 0.4) is 0 Å². The normalized spacial score (nSPS) is 10.3. The van der Waals surface area contributed by atoms with Gasteiger partial charge in [-0.2, -0.15) is 0 Å². The molecule has 3 aromatic rings. The van der Waals surface area contributed by atoms with Crippen LogP contribution in [0.4, 0.5) is 0 Å². The maximum atomic E-state index is 5.58. The average molecular weight is 279 g/mol. The first-order chi connectivity index (χ1) is 10.3. The van der Waals surface area contributed by atoms with Gasteiger partial charge in [0, 0.05) is 12.3 Å². The lowest BCUT2D eigenvalue weighted by molar-refractivity contribution is 0.364. The number of pyridine rings is 1. The Bertz CT molecular complexity index is 785. The van der Waals surface area contributed by atoms with Crippen molar-refractivity contribution in [3.05, 3.63) is 36.5 Å². The highest BCUT2D eigenvalue weighted by Gasteiger charge is 2.12. The molecule has 0 saturated carbocycles. The molecule has 0 fully saturated rings. The van der Waals surface area contributed by atoms with E-state index in [-0.39, 0.29) is 6.61 Å². The maximum Gasteiger partial charge on any atom is 0.178 e. The van der Waals surface area contributed by atoms with E-state index in [0.717, 1.165) is 11.1 Å². The van der Waals surface area contributed by atoms with Crippen LogP contribution in [0.15, 0.2) is 36.5 Å².